The molecule has 0 spiro atoms. The number of benzene rings is 2. The van der Waals surface area contributed by atoms with E-state index in [1.807, 2.05) is 48.5 Å². The van der Waals surface area contributed by atoms with E-state index < -0.39 is 0 Å². The van der Waals surface area contributed by atoms with Gasteiger partial charge in [0.2, 0.25) is 5.95 Å². The maximum atomic E-state index is 5.90. The van der Waals surface area contributed by atoms with Crippen LogP contribution in [0.2, 0.25) is 0 Å². The summed E-state index contributed by atoms with van der Waals surface area (Å²) in [6.07, 6.45) is 0. The van der Waals surface area contributed by atoms with Gasteiger partial charge in [-0.25, -0.2) is 9.97 Å². The zero-order valence-corrected chi connectivity index (χ0v) is 14.9. The first-order valence-electron chi connectivity index (χ1n) is 7.23. The highest BCUT2D eigenvalue weighted by Crippen LogP contribution is 2.33. The Morgan fingerprint density at radius 3 is 2.00 bits per heavy atom. The second-order valence-corrected chi connectivity index (χ2v) is 5.99. The third-order valence-electron chi connectivity index (χ3n) is 3.56. The molecule has 0 radical (unpaired) electrons. The molecular formula is C18H16BrN3O2. The molecule has 2 aromatic carbocycles. The molecule has 0 aliphatic heterocycles. The predicted octanol–water partition coefficient (Wildman–Crippen LogP) is 4.17. The predicted molar refractivity (Wildman–Crippen MR) is 98.1 cm³/mol. The number of ether oxygens (including phenoxy) is 2. The fraction of sp³-hybridized carbons (Fsp3) is 0.111. The number of nitrogens with zero attached hydrogens (tertiary/aromatic N) is 2. The second-order valence-electron chi connectivity index (χ2n) is 5.07. The van der Waals surface area contributed by atoms with E-state index in [4.69, 9.17) is 15.2 Å². The molecule has 0 aliphatic rings. The van der Waals surface area contributed by atoms with Gasteiger partial charge in [0.15, 0.2) is 11.5 Å². The van der Waals surface area contributed by atoms with Gasteiger partial charge in [-0.1, -0.05) is 28.1 Å². The van der Waals surface area contributed by atoms with Crippen molar-refractivity contribution in [2.75, 3.05) is 20.0 Å². The highest BCUT2D eigenvalue weighted by Gasteiger charge is 2.10. The van der Waals surface area contributed by atoms with Crippen molar-refractivity contribution in [3.63, 3.8) is 0 Å². The zero-order valence-electron chi connectivity index (χ0n) is 13.3. The third kappa shape index (κ3) is 3.33. The molecule has 0 amide bonds. The number of halogens is 1. The fourth-order valence-corrected chi connectivity index (χ4v) is 2.64. The zero-order chi connectivity index (χ0) is 17.1. The molecule has 3 aromatic rings. The van der Waals surface area contributed by atoms with E-state index in [0.717, 1.165) is 27.0 Å². The maximum Gasteiger partial charge on any atom is 0.221 e. The minimum absolute atomic E-state index is 0.222. The van der Waals surface area contributed by atoms with Crippen LogP contribution in [0.5, 0.6) is 11.5 Å². The van der Waals surface area contributed by atoms with Crippen LogP contribution in [-0.2, 0) is 0 Å². The topological polar surface area (TPSA) is 70.3 Å². The van der Waals surface area contributed by atoms with Gasteiger partial charge < -0.3 is 15.2 Å². The Kier molecular flexibility index (Phi) is 4.66. The molecule has 0 saturated heterocycles. The lowest BCUT2D eigenvalue weighted by molar-refractivity contribution is 0.355. The van der Waals surface area contributed by atoms with E-state index in [1.54, 1.807) is 14.2 Å². The van der Waals surface area contributed by atoms with Gasteiger partial charge in [0.05, 0.1) is 25.6 Å². The van der Waals surface area contributed by atoms with Crippen molar-refractivity contribution in [2.24, 2.45) is 0 Å². The van der Waals surface area contributed by atoms with Crippen LogP contribution in [0.1, 0.15) is 0 Å². The lowest BCUT2D eigenvalue weighted by Crippen LogP contribution is -1.99. The number of nitrogen functional groups attached to an aromatic ring is 1. The Morgan fingerprint density at radius 2 is 1.38 bits per heavy atom. The summed E-state index contributed by atoms with van der Waals surface area (Å²) in [5.41, 5.74) is 9.23. The van der Waals surface area contributed by atoms with Gasteiger partial charge in [0, 0.05) is 15.6 Å². The maximum absolute atomic E-state index is 5.90. The van der Waals surface area contributed by atoms with Crippen LogP contribution < -0.4 is 15.2 Å². The minimum atomic E-state index is 0.222. The third-order valence-corrected chi connectivity index (χ3v) is 4.09. The lowest BCUT2D eigenvalue weighted by atomic mass is 10.1. The number of rotatable bonds is 4. The molecule has 1 heterocycles. The first-order chi connectivity index (χ1) is 11.6. The molecule has 2 N–H and O–H groups in total. The molecular weight excluding hydrogens is 370 g/mol. The van der Waals surface area contributed by atoms with Gasteiger partial charge in [-0.2, -0.15) is 0 Å². The molecule has 1 aromatic heterocycles. The molecule has 5 nitrogen and oxygen atoms in total. The Morgan fingerprint density at radius 1 is 0.792 bits per heavy atom. The molecule has 0 atom stereocenters. The summed E-state index contributed by atoms with van der Waals surface area (Å²) >= 11 is 3.43. The van der Waals surface area contributed by atoms with Crippen LogP contribution in [0, 0.1) is 0 Å². The van der Waals surface area contributed by atoms with E-state index in [9.17, 15) is 0 Å². The molecule has 3 rings (SSSR count). The second kappa shape index (κ2) is 6.88. The largest absolute Gasteiger partial charge is 0.493 e. The van der Waals surface area contributed by atoms with Crippen LogP contribution >= 0.6 is 15.9 Å². The standard InChI is InChI=1S/C18H16BrN3O2/c1-23-16-8-5-12(9-17(16)24-2)15-10-14(21-18(20)22-15)11-3-6-13(19)7-4-11/h3-10H,1-2H3,(H2,20,21,22). The summed E-state index contributed by atoms with van der Waals surface area (Å²) in [5, 5.41) is 0. The van der Waals surface area contributed by atoms with Gasteiger partial charge in [-0.15, -0.1) is 0 Å². The van der Waals surface area contributed by atoms with E-state index in [0.29, 0.717) is 11.5 Å². The molecule has 6 heteroatoms. The van der Waals surface area contributed by atoms with Gasteiger partial charge >= 0.3 is 0 Å². The van der Waals surface area contributed by atoms with Crippen molar-refractivity contribution >= 4 is 21.9 Å². The number of aromatic nitrogens is 2. The van der Waals surface area contributed by atoms with Crippen LogP contribution in [0.15, 0.2) is 53.0 Å². The van der Waals surface area contributed by atoms with Gasteiger partial charge in [-0.3, -0.25) is 0 Å². The van der Waals surface area contributed by atoms with E-state index in [1.165, 1.54) is 0 Å². The minimum Gasteiger partial charge on any atom is -0.493 e. The van der Waals surface area contributed by atoms with Crippen molar-refractivity contribution in [3.8, 4) is 34.0 Å². The smallest absolute Gasteiger partial charge is 0.221 e. The monoisotopic (exact) mass is 385 g/mol. The van der Waals surface area contributed by atoms with Crippen molar-refractivity contribution in [2.45, 2.75) is 0 Å². The van der Waals surface area contributed by atoms with Crippen molar-refractivity contribution in [3.05, 3.63) is 53.0 Å². The number of nitrogens with two attached hydrogens (primary N) is 1. The van der Waals surface area contributed by atoms with Crippen LogP contribution in [-0.4, -0.2) is 24.2 Å². The van der Waals surface area contributed by atoms with Gasteiger partial charge in [0.25, 0.3) is 0 Å². The molecule has 0 aliphatic carbocycles. The van der Waals surface area contributed by atoms with Crippen molar-refractivity contribution in [1.82, 2.24) is 9.97 Å². The Labute approximate surface area is 148 Å². The summed E-state index contributed by atoms with van der Waals surface area (Å²) in [6, 6.07) is 15.4. The SMILES string of the molecule is COc1ccc(-c2cc(-c3ccc(Br)cc3)nc(N)n2)cc1OC. The van der Waals surface area contributed by atoms with Crippen LogP contribution in [0.3, 0.4) is 0 Å². The Bertz CT molecular complexity index is 867. The van der Waals surface area contributed by atoms with Gasteiger partial charge in [0.1, 0.15) is 0 Å². The van der Waals surface area contributed by atoms with Crippen molar-refractivity contribution in [1.29, 1.82) is 0 Å². The Hall–Kier alpha value is -2.60. The van der Waals surface area contributed by atoms with Crippen molar-refractivity contribution < 1.29 is 9.47 Å². The average Bonchev–Trinajstić information content (AvgIpc) is 2.61. The summed E-state index contributed by atoms with van der Waals surface area (Å²) in [5.74, 6) is 1.52. The average molecular weight is 386 g/mol. The molecule has 122 valence electrons. The van der Waals surface area contributed by atoms with Crippen LogP contribution in [0.25, 0.3) is 22.5 Å². The first kappa shape index (κ1) is 16.3. The highest BCUT2D eigenvalue weighted by atomic mass is 79.9. The highest BCUT2D eigenvalue weighted by molar-refractivity contribution is 9.10. The number of anilines is 1. The molecule has 0 bridgehead atoms. The normalized spacial score (nSPS) is 10.5. The van der Waals surface area contributed by atoms with E-state index >= 15 is 0 Å². The molecule has 0 saturated carbocycles. The summed E-state index contributed by atoms with van der Waals surface area (Å²) < 4.78 is 11.6. The quantitative estimate of drug-likeness (QED) is 0.729. The van der Waals surface area contributed by atoms with E-state index in [2.05, 4.69) is 25.9 Å². The van der Waals surface area contributed by atoms with Gasteiger partial charge in [-0.05, 0) is 36.4 Å². The molecule has 0 fully saturated rings. The molecule has 24 heavy (non-hydrogen) atoms. The summed E-state index contributed by atoms with van der Waals surface area (Å²) in [6.45, 7) is 0. The number of hydrogen-bond donors (Lipinski definition) is 1. The Balaban J connectivity index is 2.07. The molecule has 0 unspecified atom stereocenters. The summed E-state index contributed by atoms with van der Waals surface area (Å²) in [4.78, 5) is 8.67. The number of hydrogen-bond acceptors (Lipinski definition) is 5. The summed E-state index contributed by atoms with van der Waals surface area (Å²) in [7, 11) is 3.20. The van der Waals surface area contributed by atoms with Crippen LogP contribution in [0.4, 0.5) is 5.95 Å². The number of methoxy groups -OCH3 is 2. The fourth-order valence-electron chi connectivity index (χ4n) is 2.38. The first-order valence-corrected chi connectivity index (χ1v) is 8.03. The van der Waals surface area contributed by atoms with E-state index in [-0.39, 0.29) is 5.95 Å². The lowest BCUT2D eigenvalue weighted by Gasteiger charge is -2.10.